The van der Waals surface area contributed by atoms with Crippen molar-refractivity contribution >= 4 is 17.5 Å². The Hall–Kier alpha value is -2.86. The predicted molar refractivity (Wildman–Crippen MR) is 106 cm³/mol. The van der Waals surface area contributed by atoms with Crippen molar-refractivity contribution in [3.05, 3.63) is 59.7 Å². The maximum atomic E-state index is 12.1. The van der Waals surface area contributed by atoms with Gasteiger partial charge in [0.2, 0.25) is 0 Å². The maximum Gasteiger partial charge on any atom is 0.279 e. The van der Waals surface area contributed by atoms with Crippen LogP contribution in [0.4, 0.5) is 5.69 Å². The Morgan fingerprint density at radius 2 is 1.67 bits per heavy atom. The molecule has 0 bridgehead atoms. The molecule has 0 fully saturated rings. The lowest BCUT2D eigenvalue weighted by molar-refractivity contribution is -0.862. The molecule has 0 aliphatic heterocycles. The first-order valence-corrected chi connectivity index (χ1v) is 9.04. The summed E-state index contributed by atoms with van der Waals surface area (Å²) in [5.41, 5.74) is 3.17. The Kier molecular flexibility index (Phi) is 7.82. The van der Waals surface area contributed by atoms with Crippen molar-refractivity contribution in [1.29, 1.82) is 0 Å². The maximum absolute atomic E-state index is 12.1. The van der Waals surface area contributed by atoms with E-state index in [-0.39, 0.29) is 24.9 Å². The second-order valence-electron chi connectivity index (χ2n) is 6.61. The number of ether oxygens (including phenoxy) is 1. The van der Waals surface area contributed by atoms with Crippen molar-refractivity contribution in [2.75, 3.05) is 39.1 Å². The van der Waals surface area contributed by atoms with E-state index in [1.165, 1.54) is 11.1 Å². The summed E-state index contributed by atoms with van der Waals surface area (Å²) in [5, 5.41) is 5.74. The van der Waals surface area contributed by atoms with Crippen LogP contribution in [0.25, 0.3) is 0 Å². The molecule has 0 radical (unpaired) electrons. The zero-order valence-electron chi connectivity index (χ0n) is 16.2. The molecule has 6 heteroatoms. The molecule has 1 unspecified atom stereocenters. The third kappa shape index (κ3) is 7.11. The zero-order chi connectivity index (χ0) is 19.6. The molecule has 1 atom stereocenters. The number of benzene rings is 2. The number of likely N-dealkylation sites (N-methyl/N-ethyl adjacent to an activating group) is 1. The Morgan fingerprint density at radius 1 is 1.00 bits per heavy atom. The normalized spacial score (nSPS) is 11.5. The molecule has 0 saturated carbocycles. The van der Waals surface area contributed by atoms with Crippen LogP contribution in [0.15, 0.2) is 48.5 Å². The average molecular weight is 370 g/mol. The molecule has 2 aromatic carbocycles. The molecule has 0 heterocycles. The van der Waals surface area contributed by atoms with E-state index in [9.17, 15) is 9.59 Å². The Morgan fingerprint density at radius 3 is 2.33 bits per heavy atom. The lowest BCUT2D eigenvalue weighted by Crippen LogP contribution is -3.11. The van der Waals surface area contributed by atoms with Gasteiger partial charge in [-0.3, -0.25) is 9.59 Å². The Bertz CT molecular complexity index is 760. The van der Waals surface area contributed by atoms with Gasteiger partial charge in [0.1, 0.15) is 5.75 Å². The van der Waals surface area contributed by atoms with Gasteiger partial charge in [0.15, 0.2) is 13.1 Å². The second-order valence-corrected chi connectivity index (χ2v) is 6.61. The summed E-state index contributed by atoms with van der Waals surface area (Å²) in [5.74, 6) is 0.543. The van der Waals surface area contributed by atoms with Crippen molar-refractivity contribution in [2.24, 2.45) is 0 Å². The minimum Gasteiger partial charge on any atom is -0.497 e. The summed E-state index contributed by atoms with van der Waals surface area (Å²) in [6, 6.07) is 15.3. The summed E-state index contributed by atoms with van der Waals surface area (Å²) in [4.78, 5) is 25.0. The molecule has 3 N–H and O–H groups in total. The molecule has 144 valence electrons. The first-order valence-electron chi connectivity index (χ1n) is 9.04. The van der Waals surface area contributed by atoms with Crippen molar-refractivity contribution in [2.45, 2.75) is 13.3 Å². The monoisotopic (exact) mass is 370 g/mol. The van der Waals surface area contributed by atoms with Crippen LogP contribution >= 0.6 is 0 Å². The van der Waals surface area contributed by atoms with Crippen LogP contribution in [-0.4, -0.2) is 45.6 Å². The van der Waals surface area contributed by atoms with Gasteiger partial charge in [0, 0.05) is 12.2 Å². The molecule has 0 spiro atoms. The average Bonchev–Trinajstić information content (AvgIpc) is 2.63. The summed E-state index contributed by atoms with van der Waals surface area (Å²) in [6.07, 6.45) is 0.801. The first kappa shape index (κ1) is 20.5. The van der Waals surface area contributed by atoms with Crippen LogP contribution in [0.3, 0.4) is 0 Å². The molecule has 6 nitrogen and oxygen atoms in total. The minimum absolute atomic E-state index is 0.0571. The topological polar surface area (TPSA) is 71.9 Å². The number of hydrogen-bond acceptors (Lipinski definition) is 3. The van der Waals surface area contributed by atoms with E-state index >= 15 is 0 Å². The molecule has 2 rings (SSSR count). The predicted octanol–water partition coefficient (Wildman–Crippen LogP) is 0.816. The van der Waals surface area contributed by atoms with E-state index in [1.807, 2.05) is 19.2 Å². The van der Waals surface area contributed by atoms with Crippen molar-refractivity contribution in [3.63, 3.8) is 0 Å². The summed E-state index contributed by atoms with van der Waals surface area (Å²) >= 11 is 0. The number of carbonyl (C=O) groups is 2. The Labute approximate surface area is 160 Å². The first-order chi connectivity index (χ1) is 13.0. The van der Waals surface area contributed by atoms with Gasteiger partial charge in [-0.2, -0.15) is 0 Å². The number of hydrogen-bond donors (Lipinski definition) is 3. The van der Waals surface area contributed by atoms with Crippen LogP contribution in [0, 0.1) is 6.92 Å². The number of nitrogens with one attached hydrogen (secondary N) is 3. The molecule has 2 aromatic rings. The van der Waals surface area contributed by atoms with E-state index < -0.39 is 0 Å². The van der Waals surface area contributed by atoms with Gasteiger partial charge in [0.05, 0.1) is 14.2 Å². The van der Waals surface area contributed by atoms with Gasteiger partial charge >= 0.3 is 0 Å². The smallest absolute Gasteiger partial charge is 0.279 e. The molecular formula is C21H28N3O3+. The number of rotatable bonds is 9. The molecular weight excluding hydrogens is 342 g/mol. The standard InChI is InChI=1S/C21H27N3O3/c1-16-6-4-5-7-17(16)12-13-22-20(25)14-24(2)15-21(26)23-18-8-10-19(27-3)11-9-18/h4-11H,12-15H2,1-3H3,(H,22,25)(H,23,26)/p+1. The van der Waals surface area contributed by atoms with Crippen LogP contribution < -0.4 is 20.3 Å². The van der Waals surface area contributed by atoms with Crippen molar-refractivity contribution < 1.29 is 19.2 Å². The van der Waals surface area contributed by atoms with Gasteiger partial charge in [-0.1, -0.05) is 24.3 Å². The fraction of sp³-hybridized carbons (Fsp3) is 0.333. The minimum atomic E-state index is -0.134. The van der Waals surface area contributed by atoms with Crippen LogP contribution in [0.2, 0.25) is 0 Å². The Balaban J connectivity index is 1.69. The van der Waals surface area contributed by atoms with Crippen LogP contribution in [0.1, 0.15) is 11.1 Å². The molecule has 0 aromatic heterocycles. The molecule has 27 heavy (non-hydrogen) atoms. The number of carbonyl (C=O) groups excluding carboxylic acids is 2. The van der Waals surface area contributed by atoms with E-state index in [0.29, 0.717) is 12.2 Å². The molecule has 0 aliphatic rings. The summed E-state index contributed by atoms with van der Waals surface area (Å²) < 4.78 is 5.09. The van der Waals surface area contributed by atoms with E-state index in [4.69, 9.17) is 4.74 Å². The number of quaternary nitrogens is 1. The van der Waals surface area contributed by atoms with E-state index in [0.717, 1.165) is 17.1 Å². The third-order valence-corrected chi connectivity index (χ3v) is 4.28. The van der Waals surface area contributed by atoms with Crippen molar-refractivity contribution in [3.8, 4) is 5.75 Å². The lowest BCUT2D eigenvalue weighted by Gasteiger charge is -2.14. The molecule has 0 saturated heterocycles. The largest absolute Gasteiger partial charge is 0.497 e. The van der Waals surface area contributed by atoms with E-state index in [2.05, 4.69) is 29.7 Å². The number of aryl methyl sites for hydroxylation is 1. The van der Waals surface area contributed by atoms with Gasteiger partial charge in [0.25, 0.3) is 11.8 Å². The van der Waals surface area contributed by atoms with E-state index in [1.54, 1.807) is 31.4 Å². The number of amides is 2. The quantitative estimate of drug-likeness (QED) is 0.612. The lowest BCUT2D eigenvalue weighted by atomic mass is 10.1. The highest BCUT2D eigenvalue weighted by Crippen LogP contribution is 2.14. The summed E-state index contributed by atoms with van der Waals surface area (Å²) in [6.45, 7) is 3.13. The zero-order valence-corrected chi connectivity index (χ0v) is 16.2. The van der Waals surface area contributed by atoms with Crippen LogP contribution in [-0.2, 0) is 16.0 Å². The fourth-order valence-corrected chi connectivity index (χ4v) is 2.78. The highest BCUT2D eigenvalue weighted by atomic mass is 16.5. The third-order valence-electron chi connectivity index (χ3n) is 4.28. The summed E-state index contributed by atoms with van der Waals surface area (Å²) in [7, 11) is 3.42. The van der Waals surface area contributed by atoms with Gasteiger partial charge < -0.3 is 20.3 Å². The molecule has 2 amide bonds. The molecule has 0 aliphatic carbocycles. The van der Waals surface area contributed by atoms with Gasteiger partial charge in [-0.15, -0.1) is 0 Å². The highest BCUT2D eigenvalue weighted by Gasteiger charge is 2.14. The second kappa shape index (κ2) is 10.3. The number of anilines is 1. The van der Waals surface area contributed by atoms with Gasteiger partial charge in [-0.25, -0.2) is 0 Å². The number of methoxy groups -OCH3 is 1. The SMILES string of the molecule is COc1ccc(NC(=O)C[NH+](C)CC(=O)NCCc2ccccc2C)cc1. The highest BCUT2D eigenvalue weighted by molar-refractivity contribution is 5.91. The van der Waals surface area contributed by atoms with Crippen molar-refractivity contribution in [1.82, 2.24) is 5.32 Å². The fourth-order valence-electron chi connectivity index (χ4n) is 2.78. The van der Waals surface area contributed by atoms with Crippen LogP contribution in [0.5, 0.6) is 5.75 Å². The van der Waals surface area contributed by atoms with Gasteiger partial charge in [-0.05, 0) is 48.7 Å².